The zero-order chi connectivity index (χ0) is 13.7. The van der Waals surface area contributed by atoms with E-state index in [2.05, 4.69) is 10.5 Å². The second kappa shape index (κ2) is 5.76. The van der Waals surface area contributed by atoms with Gasteiger partial charge in [0.25, 0.3) is 5.91 Å². The largest absolute Gasteiger partial charge is 0.508 e. The maximum atomic E-state index is 11.8. The predicted octanol–water partition coefficient (Wildman–Crippen LogP) is 0.353. The maximum absolute atomic E-state index is 11.8. The zero-order valence-electron chi connectivity index (χ0n) is 9.79. The lowest BCUT2D eigenvalue weighted by Crippen LogP contribution is -2.44. The fourth-order valence-electron chi connectivity index (χ4n) is 1.40. The highest BCUT2D eigenvalue weighted by atomic mass is 16.4. The van der Waals surface area contributed by atoms with Crippen LogP contribution in [0.2, 0.25) is 0 Å². The minimum Gasteiger partial charge on any atom is -0.508 e. The van der Waals surface area contributed by atoms with Gasteiger partial charge in [0.05, 0.1) is 11.6 Å². The molecule has 1 rings (SSSR count). The SMILES string of the molecule is CCC(NC(=O)c1ccc(O)cc1O)/C(N)=N/O. The number of hydrogen-bond donors (Lipinski definition) is 5. The first kappa shape index (κ1) is 13.6. The number of amides is 1. The van der Waals surface area contributed by atoms with Crippen LogP contribution >= 0.6 is 0 Å². The Labute approximate surface area is 104 Å². The minimum absolute atomic E-state index is 0.00279. The van der Waals surface area contributed by atoms with E-state index < -0.39 is 11.9 Å². The Morgan fingerprint density at radius 2 is 2.17 bits per heavy atom. The normalized spacial score (nSPS) is 13.1. The van der Waals surface area contributed by atoms with Crippen LogP contribution in [-0.4, -0.2) is 33.2 Å². The molecule has 0 heterocycles. The molecule has 0 radical (unpaired) electrons. The van der Waals surface area contributed by atoms with Crippen molar-refractivity contribution >= 4 is 11.7 Å². The molecule has 18 heavy (non-hydrogen) atoms. The second-order valence-corrected chi connectivity index (χ2v) is 3.66. The Morgan fingerprint density at radius 3 is 2.67 bits per heavy atom. The number of phenolic OH excluding ortho intramolecular Hbond substituents is 2. The summed E-state index contributed by atoms with van der Waals surface area (Å²) in [4.78, 5) is 11.8. The molecule has 1 amide bonds. The molecular formula is C11H15N3O4. The number of aromatic hydroxyl groups is 2. The molecule has 0 fully saturated rings. The first-order valence-electron chi connectivity index (χ1n) is 5.29. The van der Waals surface area contributed by atoms with Gasteiger partial charge in [0.15, 0.2) is 5.84 Å². The van der Waals surface area contributed by atoms with Crippen LogP contribution in [0.1, 0.15) is 23.7 Å². The molecule has 0 saturated carbocycles. The molecule has 7 nitrogen and oxygen atoms in total. The molecule has 6 N–H and O–H groups in total. The third kappa shape index (κ3) is 3.03. The number of hydrogen-bond acceptors (Lipinski definition) is 5. The average molecular weight is 253 g/mol. The van der Waals surface area contributed by atoms with E-state index in [1.165, 1.54) is 12.1 Å². The Bertz CT molecular complexity index is 473. The third-order valence-electron chi connectivity index (χ3n) is 2.41. The van der Waals surface area contributed by atoms with Crippen LogP contribution in [0.3, 0.4) is 0 Å². The van der Waals surface area contributed by atoms with E-state index in [0.717, 1.165) is 6.07 Å². The first-order valence-corrected chi connectivity index (χ1v) is 5.29. The molecule has 0 aliphatic carbocycles. The molecule has 98 valence electrons. The molecule has 0 aromatic heterocycles. The standard InChI is InChI=1S/C11H15N3O4/c1-2-8(10(12)14-18)13-11(17)7-4-3-6(15)5-9(7)16/h3-5,8,15-16,18H,2H2,1H3,(H2,12,14)(H,13,17). The topological polar surface area (TPSA) is 128 Å². The van der Waals surface area contributed by atoms with Crippen molar-refractivity contribution in [2.75, 3.05) is 0 Å². The van der Waals surface area contributed by atoms with Crippen LogP contribution in [0, 0.1) is 0 Å². The number of carbonyl (C=O) groups is 1. The van der Waals surface area contributed by atoms with Crippen molar-refractivity contribution in [3.63, 3.8) is 0 Å². The van der Waals surface area contributed by atoms with Crippen LogP contribution < -0.4 is 11.1 Å². The van der Waals surface area contributed by atoms with Crippen molar-refractivity contribution < 1.29 is 20.2 Å². The summed E-state index contributed by atoms with van der Waals surface area (Å²) < 4.78 is 0. The summed E-state index contributed by atoms with van der Waals surface area (Å²) in [5.74, 6) is -1.19. The van der Waals surface area contributed by atoms with Crippen molar-refractivity contribution in [1.82, 2.24) is 5.32 Å². The van der Waals surface area contributed by atoms with Gasteiger partial charge >= 0.3 is 0 Å². The van der Waals surface area contributed by atoms with Crippen molar-refractivity contribution in [2.24, 2.45) is 10.9 Å². The number of phenols is 2. The number of nitrogens with one attached hydrogen (secondary N) is 1. The molecule has 7 heteroatoms. The van der Waals surface area contributed by atoms with Gasteiger partial charge in [-0.2, -0.15) is 0 Å². The lowest BCUT2D eigenvalue weighted by atomic mass is 10.1. The summed E-state index contributed by atoms with van der Waals surface area (Å²) in [6.45, 7) is 1.75. The number of oxime groups is 1. The van der Waals surface area contributed by atoms with Gasteiger partial charge in [-0.3, -0.25) is 4.79 Å². The van der Waals surface area contributed by atoms with Crippen molar-refractivity contribution in [2.45, 2.75) is 19.4 Å². The smallest absolute Gasteiger partial charge is 0.255 e. The Hall–Kier alpha value is -2.44. The quantitative estimate of drug-likeness (QED) is 0.229. The minimum atomic E-state index is -0.629. The van der Waals surface area contributed by atoms with Crippen molar-refractivity contribution in [1.29, 1.82) is 0 Å². The number of rotatable bonds is 4. The number of nitrogens with two attached hydrogens (primary N) is 1. The van der Waals surface area contributed by atoms with Crippen LogP contribution in [0.4, 0.5) is 0 Å². The molecule has 1 aromatic rings. The van der Waals surface area contributed by atoms with Gasteiger partial charge in [0, 0.05) is 6.07 Å². The lowest BCUT2D eigenvalue weighted by molar-refractivity contribution is 0.0943. The average Bonchev–Trinajstić information content (AvgIpc) is 2.34. The summed E-state index contributed by atoms with van der Waals surface area (Å²) in [6.07, 6.45) is 0.431. The van der Waals surface area contributed by atoms with Crippen LogP contribution in [0.5, 0.6) is 11.5 Å². The first-order chi connectivity index (χ1) is 8.49. The van der Waals surface area contributed by atoms with E-state index >= 15 is 0 Å². The molecule has 0 aliphatic rings. The van der Waals surface area contributed by atoms with Crippen LogP contribution in [-0.2, 0) is 0 Å². The summed E-state index contributed by atoms with van der Waals surface area (Å²) >= 11 is 0. The highest BCUT2D eigenvalue weighted by Crippen LogP contribution is 2.22. The summed E-state index contributed by atoms with van der Waals surface area (Å²) in [5, 5.41) is 32.5. The van der Waals surface area contributed by atoms with E-state index in [1.807, 2.05) is 0 Å². The van der Waals surface area contributed by atoms with Gasteiger partial charge in [0.1, 0.15) is 11.5 Å². The third-order valence-corrected chi connectivity index (χ3v) is 2.41. The Kier molecular flexibility index (Phi) is 4.36. The molecule has 1 atom stereocenters. The molecule has 0 aliphatic heterocycles. The molecule has 0 spiro atoms. The molecule has 0 saturated heterocycles. The van der Waals surface area contributed by atoms with Gasteiger partial charge in [0.2, 0.25) is 0 Å². The summed E-state index contributed by atoms with van der Waals surface area (Å²) in [5.41, 5.74) is 5.40. The molecular weight excluding hydrogens is 238 g/mol. The highest BCUT2D eigenvalue weighted by molar-refractivity contribution is 6.00. The number of benzene rings is 1. The Morgan fingerprint density at radius 1 is 1.50 bits per heavy atom. The summed E-state index contributed by atoms with van der Waals surface area (Å²) in [6, 6.07) is 2.98. The second-order valence-electron chi connectivity index (χ2n) is 3.66. The van der Waals surface area contributed by atoms with Gasteiger partial charge in [-0.05, 0) is 18.6 Å². The molecule has 1 aromatic carbocycles. The zero-order valence-corrected chi connectivity index (χ0v) is 9.79. The van der Waals surface area contributed by atoms with Gasteiger partial charge < -0.3 is 26.5 Å². The van der Waals surface area contributed by atoms with Crippen molar-refractivity contribution in [3.05, 3.63) is 23.8 Å². The van der Waals surface area contributed by atoms with Crippen LogP contribution in [0.15, 0.2) is 23.4 Å². The predicted molar refractivity (Wildman–Crippen MR) is 64.7 cm³/mol. The van der Waals surface area contributed by atoms with E-state index in [-0.39, 0.29) is 22.9 Å². The number of carbonyl (C=O) groups excluding carboxylic acids is 1. The maximum Gasteiger partial charge on any atom is 0.255 e. The number of nitrogens with zero attached hydrogens (tertiary/aromatic N) is 1. The lowest BCUT2D eigenvalue weighted by Gasteiger charge is -2.15. The van der Waals surface area contributed by atoms with Gasteiger partial charge in [-0.15, -0.1) is 0 Å². The fourth-order valence-corrected chi connectivity index (χ4v) is 1.40. The highest BCUT2D eigenvalue weighted by Gasteiger charge is 2.18. The van der Waals surface area contributed by atoms with Crippen LogP contribution in [0.25, 0.3) is 0 Å². The van der Waals surface area contributed by atoms with E-state index in [9.17, 15) is 9.90 Å². The fraction of sp³-hybridized carbons (Fsp3) is 0.273. The monoisotopic (exact) mass is 253 g/mol. The molecule has 1 unspecified atom stereocenters. The van der Waals surface area contributed by atoms with E-state index in [1.54, 1.807) is 6.92 Å². The van der Waals surface area contributed by atoms with Crippen molar-refractivity contribution in [3.8, 4) is 11.5 Å². The van der Waals surface area contributed by atoms with Gasteiger partial charge in [-0.1, -0.05) is 12.1 Å². The Balaban J connectivity index is 2.88. The number of amidine groups is 1. The summed E-state index contributed by atoms with van der Waals surface area (Å²) in [7, 11) is 0. The molecule has 0 bridgehead atoms. The van der Waals surface area contributed by atoms with E-state index in [4.69, 9.17) is 16.0 Å². The van der Waals surface area contributed by atoms with Gasteiger partial charge in [-0.25, -0.2) is 0 Å². The van der Waals surface area contributed by atoms with E-state index in [0.29, 0.717) is 6.42 Å².